The van der Waals surface area contributed by atoms with Crippen LogP contribution in [0, 0.1) is 6.92 Å². The molecule has 1 fully saturated rings. The van der Waals surface area contributed by atoms with Gasteiger partial charge in [-0.3, -0.25) is 4.90 Å². The Hall–Kier alpha value is -3.61. The van der Waals surface area contributed by atoms with Crippen molar-refractivity contribution in [3.8, 4) is 17.1 Å². The van der Waals surface area contributed by atoms with Crippen molar-refractivity contribution in [2.24, 2.45) is 0 Å². The summed E-state index contributed by atoms with van der Waals surface area (Å²) in [6, 6.07) is 26.6. The zero-order chi connectivity index (χ0) is 25.1. The van der Waals surface area contributed by atoms with E-state index in [0.29, 0.717) is 10.8 Å². The van der Waals surface area contributed by atoms with Crippen molar-refractivity contribution in [1.29, 1.82) is 0 Å². The number of benzene rings is 3. The third-order valence-corrected chi connectivity index (χ3v) is 7.14. The zero-order valence-corrected chi connectivity index (χ0v) is 21.5. The maximum atomic E-state index is 6.38. The van der Waals surface area contributed by atoms with Gasteiger partial charge in [0.15, 0.2) is 5.82 Å². The number of nitrogens with one attached hydrogen (secondary N) is 1. The molecular formula is C29H30ClN5O. The van der Waals surface area contributed by atoms with E-state index in [1.165, 1.54) is 5.56 Å². The van der Waals surface area contributed by atoms with Crippen molar-refractivity contribution in [1.82, 2.24) is 14.9 Å². The third kappa shape index (κ3) is 5.15. The lowest BCUT2D eigenvalue weighted by Crippen LogP contribution is -2.47. The minimum absolute atomic E-state index is 0.279. The van der Waals surface area contributed by atoms with Crippen molar-refractivity contribution in [2.45, 2.75) is 13.0 Å². The molecule has 1 atom stereocenters. The van der Waals surface area contributed by atoms with E-state index in [1.807, 2.05) is 55.5 Å². The van der Waals surface area contributed by atoms with Crippen molar-refractivity contribution in [3.05, 3.63) is 95.0 Å². The normalized spacial score (nSPS) is 16.1. The molecule has 1 aromatic heterocycles. The van der Waals surface area contributed by atoms with Gasteiger partial charge in [0.05, 0.1) is 13.2 Å². The third-order valence-electron chi connectivity index (χ3n) is 6.73. The highest BCUT2D eigenvalue weighted by molar-refractivity contribution is 6.31. The van der Waals surface area contributed by atoms with Gasteiger partial charge in [-0.15, -0.1) is 0 Å². The van der Waals surface area contributed by atoms with Crippen LogP contribution in [-0.2, 0) is 0 Å². The number of nitrogens with zero attached hydrogens (tertiary/aromatic N) is 4. The Kier molecular flexibility index (Phi) is 7.07. The van der Waals surface area contributed by atoms with Gasteiger partial charge in [-0.25, -0.2) is 9.97 Å². The van der Waals surface area contributed by atoms with Crippen LogP contribution in [0.4, 0.5) is 17.3 Å². The molecule has 1 aliphatic heterocycles. The summed E-state index contributed by atoms with van der Waals surface area (Å²) in [7, 11) is 3.85. The highest BCUT2D eigenvalue weighted by Crippen LogP contribution is 2.32. The predicted molar refractivity (Wildman–Crippen MR) is 148 cm³/mol. The first-order chi connectivity index (χ1) is 17.5. The average molecular weight is 500 g/mol. The molecule has 1 N–H and O–H groups in total. The van der Waals surface area contributed by atoms with Gasteiger partial charge in [-0.05, 0) is 49.4 Å². The molecule has 1 unspecified atom stereocenters. The Bertz CT molecular complexity index is 1350. The summed E-state index contributed by atoms with van der Waals surface area (Å²) >= 11 is 6.38. The van der Waals surface area contributed by atoms with Gasteiger partial charge in [-0.2, -0.15) is 0 Å². The molecule has 0 saturated carbocycles. The van der Waals surface area contributed by atoms with Crippen LogP contribution in [0.15, 0.2) is 78.9 Å². The van der Waals surface area contributed by atoms with Gasteiger partial charge in [0.1, 0.15) is 17.4 Å². The lowest BCUT2D eigenvalue weighted by atomic mass is 10.0. The van der Waals surface area contributed by atoms with E-state index in [4.69, 9.17) is 26.3 Å². The first-order valence-corrected chi connectivity index (χ1v) is 12.5. The van der Waals surface area contributed by atoms with Gasteiger partial charge >= 0.3 is 0 Å². The number of hydrogen-bond donors (Lipinski definition) is 1. The lowest BCUT2D eigenvalue weighted by molar-refractivity contribution is 0.220. The first-order valence-electron chi connectivity index (χ1n) is 12.1. The van der Waals surface area contributed by atoms with E-state index < -0.39 is 0 Å². The number of hydrogen-bond acceptors (Lipinski definition) is 6. The quantitative estimate of drug-likeness (QED) is 0.333. The van der Waals surface area contributed by atoms with E-state index in [1.54, 1.807) is 7.11 Å². The Morgan fingerprint density at radius 2 is 1.75 bits per heavy atom. The van der Waals surface area contributed by atoms with Gasteiger partial charge in [0, 0.05) is 42.0 Å². The van der Waals surface area contributed by atoms with Crippen LogP contribution in [-0.4, -0.2) is 48.7 Å². The van der Waals surface area contributed by atoms with Gasteiger partial charge in [0.2, 0.25) is 0 Å². The second-order valence-electron chi connectivity index (χ2n) is 9.06. The topological polar surface area (TPSA) is 53.5 Å². The fourth-order valence-corrected chi connectivity index (χ4v) is 4.72. The molecule has 5 rings (SSSR count). The summed E-state index contributed by atoms with van der Waals surface area (Å²) in [6.45, 7) is 4.66. The summed E-state index contributed by atoms with van der Waals surface area (Å²) in [5.74, 6) is 3.02. The second kappa shape index (κ2) is 10.6. The van der Waals surface area contributed by atoms with Crippen molar-refractivity contribution < 1.29 is 4.74 Å². The van der Waals surface area contributed by atoms with Crippen LogP contribution in [0.2, 0.25) is 5.02 Å². The number of methoxy groups -OCH3 is 1. The van der Waals surface area contributed by atoms with Crippen molar-refractivity contribution in [2.75, 3.05) is 44.0 Å². The number of likely N-dealkylation sites (N-methyl/N-ethyl adjacent to an activating group) is 1. The largest absolute Gasteiger partial charge is 0.497 e. The SMILES string of the molecule is COc1cccc(-c2nc(Nc3cccc(Cl)c3C)cc(N3CCN(C)C(c4ccccc4)C3)n2)c1. The molecule has 0 radical (unpaired) electrons. The molecular weight excluding hydrogens is 470 g/mol. The van der Waals surface area contributed by atoms with Crippen molar-refractivity contribution in [3.63, 3.8) is 0 Å². The van der Waals surface area contributed by atoms with E-state index >= 15 is 0 Å². The maximum absolute atomic E-state index is 6.38. The molecule has 6 nitrogen and oxygen atoms in total. The first kappa shape index (κ1) is 24.1. The summed E-state index contributed by atoms with van der Waals surface area (Å²) in [6.07, 6.45) is 0. The highest BCUT2D eigenvalue weighted by atomic mass is 35.5. The van der Waals surface area contributed by atoms with Crippen molar-refractivity contribution >= 4 is 28.9 Å². The molecule has 7 heteroatoms. The van der Waals surface area contributed by atoms with E-state index in [2.05, 4.69) is 52.5 Å². The van der Waals surface area contributed by atoms with Crippen LogP contribution < -0.4 is 15.0 Å². The Balaban J connectivity index is 1.54. The van der Waals surface area contributed by atoms with E-state index in [9.17, 15) is 0 Å². The zero-order valence-electron chi connectivity index (χ0n) is 20.8. The molecule has 0 amide bonds. The molecule has 2 heterocycles. The molecule has 36 heavy (non-hydrogen) atoms. The van der Waals surface area contributed by atoms with E-state index in [0.717, 1.165) is 53.8 Å². The molecule has 184 valence electrons. The van der Waals surface area contributed by atoms with Gasteiger partial charge in [0.25, 0.3) is 0 Å². The number of rotatable bonds is 6. The minimum Gasteiger partial charge on any atom is -0.497 e. The fraction of sp³-hybridized carbons (Fsp3) is 0.241. The summed E-state index contributed by atoms with van der Waals surface area (Å²) in [5.41, 5.74) is 4.10. The summed E-state index contributed by atoms with van der Waals surface area (Å²) < 4.78 is 5.45. The highest BCUT2D eigenvalue weighted by Gasteiger charge is 2.27. The summed E-state index contributed by atoms with van der Waals surface area (Å²) in [4.78, 5) is 14.6. The number of ether oxygens (including phenoxy) is 1. The summed E-state index contributed by atoms with van der Waals surface area (Å²) in [5, 5.41) is 4.19. The monoisotopic (exact) mass is 499 g/mol. The van der Waals surface area contributed by atoms with E-state index in [-0.39, 0.29) is 6.04 Å². The number of aromatic nitrogens is 2. The van der Waals surface area contributed by atoms with Crippen LogP contribution in [0.1, 0.15) is 17.2 Å². The van der Waals surface area contributed by atoms with Crippen LogP contribution >= 0.6 is 11.6 Å². The fourth-order valence-electron chi connectivity index (χ4n) is 4.55. The number of piperazine rings is 1. The molecule has 1 aliphatic rings. The van der Waals surface area contributed by atoms with Gasteiger partial charge in [-0.1, -0.05) is 60.1 Å². The smallest absolute Gasteiger partial charge is 0.164 e. The standard InChI is InChI=1S/C29H30ClN5O/c1-20-24(30)13-8-14-25(20)31-27-18-28(33-29(32-27)22-11-7-12-23(17-22)36-3)35-16-15-34(2)26(19-35)21-9-5-4-6-10-21/h4-14,17-18,26H,15-16,19H2,1-3H3,(H,31,32,33). The maximum Gasteiger partial charge on any atom is 0.164 e. The Morgan fingerprint density at radius 3 is 2.56 bits per heavy atom. The average Bonchev–Trinajstić information content (AvgIpc) is 2.92. The van der Waals surface area contributed by atoms with Gasteiger partial charge < -0.3 is 15.0 Å². The Morgan fingerprint density at radius 1 is 0.944 bits per heavy atom. The minimum atomic E-state index is 0.279. The molecule has 0 spiro atoms. The number of halogens is 1. The van der Waals surface area contributed by atoms with Crippen LogP contribution in [0.5, 0.6) is 5.75 Å². The predicted octanol–water partition coefficient (Wildman–Crippen LogP) is 6.35. The lowest BCUT2D eigenvalue weighted by Gasteiger charge is -2.40. The van der Waals surface area contributed by atoms with Crippen LogP contribution in [0.25, 0.3) is 11.4 Å². The molecule has 0 aliphatic carbocycles. The second-order valence-corrected chi connectivity index (χ2v) is 9.46. The Labute approximate surface area is 217 Å². The molecule has 3 aromatic carbocycles. The number of anilines is 3. The molecule has 4 aromatic rings. The molecule has 1 saturated heterocycles. The molecule has 0 bridgehead atoms. The van der Waals surface area contributed by atoms with Crippen LogP contribution in [0.3, 0.4) is 0 Å².